The SMILES string of the molecule is [NH3+]C[C@H]1CN(Cc2ccc(F)cc2)CCO1. The van der Waals surface area contributed by atoms with Gasteiger partial charge in [-0.2, -0.15) is 0 Å². The first-order valence-electron chi connectivity index (χ1n) is 5.65. The summed E-state index contributed by atoms with van der Waals surface area (Å²) in [5.74, 6) is -0.179. The highest BCUT2D eigenvalue weighted by molar-refractivity contribution is 5.15. The van der Waals surface area contributed by atoms with Crippen LogP contribution in [-0.4, -0.2) is 37.2 Å². The summed E-state index contributed by atoms with van der Waals surface area (Å²) in [5.41, 5.74) is 5.01. The van der Waals surface area contributed by atoms with Crippen LogP contribution < -0.4 is 5.73 Å². The van der Waals surface area contributed by atoms with Crippen molar-refractivity contribution in [1.29, 1.82) is 0 Å². The predicted molar refractivity (Wildman–Crippen MR) is 59.2 cm³/mol. The molecular formula is C12H18FN2O+. The topological polar surface area (TPSA) is 40.1 Å². The van der Waals surface area contributed by atoms with E-state index in [1.54, 1.807) is 0 Å². The van der Waals surface area contributed by atoms with Gasteiger partial charge in [0, 0.05) is 19.6 Å². The average Bonchev–Trinajstić information content (AvgIpc) is 2.32. The lowest BCUT2D eigenvalue weighted by molar-refractivity contribution is -0.389. The maximum absolute atomic E-state index is 12.7. The first-order valence-corrected chi connectivity index (χ1v) is 5.65. The minimum Gasteiger partial charge on any atom is -0.370 e. The first-order chi connectivity index (χ1) is 7.78. The Morgan fingerprint density at radius 2 is 2.12 bits per heavy atom. The van der Waals surface area contributed by atoms with Crippen molar-refractivity contribution in [3.63, 3.8) is 0 Å². The van der Waals surface area contributed by atoms with Gasteiger partial charge in [-0.25, -0.2) is 4.39 Å². The van der Waals surface area contributed by atoms with E-state index in [4.69, 9.17) is 4.74 Å². The lowest BCUT2D eigenvalue weighted by Crippen LogP contribution is -2.60. The molecule has 0 amide bonds. The highest BCUT2D eigenvalue weighted by atomic mass is 19.1. The second-order valence-corrected chi connectivity index (χ2v) is 4.14. The number of halogens is 1. The van der Waals surface area contributed by atoms with E-state index >= 15 is 0 Å². The van der Waals surface area contributed by atoms with E-state index in [0.29, 0.717) is 0 Å². The Labute approximate surface area is 95.0 Å². The average molecular weight is 225 g/mol. The molecule has 0 spiro atoms. The van der Waals surface area contributed by atoms with Gasteiger partial charge in [-0.05, 0) is 17.7 Å². The van der Waals surface area contributed by atoms with Crippen LogP contribution in [0.2, 0.25) is 0 Å². The molecule has 0 unspecified atom stereocenters. The summed E-state index contributed by atoms with van der Waals surface area (Å²) >= 11 is 0. The van der Waals surface area contributed by atoms with Crippen molar-refractivity contribution in [3.05, 3.63) is 35.6 Å². The van der Waals surface area contributed by atoms with Crippen molar-refractivity contribution >= 4 is 0 Å². The highest BCUT2D eigenvalue weighted by Crippen LogP contribution is 2.10. The van der Waals surface area contributed by atoms with E-state index in [1.807, 2.05) is 12.1 Å². The smallest absolute Gasteiger partial charge is 0.123 e. The van der Waals surface area contributed by atoms with Crippen molar-refractivity contribution in [1.82, 2.24) is 4.90 Å². The third-order valence-electron chi connectivity index (χ3n) is 2.86. The molecule has 0 radical (unpaired) electrons. The summed E-state index contributed by atoms with van der Waals surface area (Å²) in [6.45, 7) is 4.29. The van der Waals surface area contributed by atoms with E-state index in [9.17, 15) is 4.39 Å². The van der Waals surface area contributed by atoms with Gasteiger partial charge in [-0.1, -0.05) is 12.1 Å². The van der Waals surface area contributed by atoms with Crippen LogP contribution in [0, 0.1) is 5.82 Å². The third kappa shape index (κ3) is 3.01. The zero-order valence-electron chi connectivity index (χ0n) is 9.36. The monoisotopic (exact) mass is 225 g/mol. The van der Waals surface area contributed by atoms with Crippen LogP contribution in [0.3, 0.4) is 0 Å². The predicted octanol–water partition coefficient (Wildman–Crippen LogP) is 0.268. The fourth-order valence-corrected chi connectivity index (χ4v) is 1.95. The molecule has 1 aromatic carbocycles. The minimum atomic E-state index is -0.179. The molecule has 1 aliphatic heterocycles. The molecule has 3 nitrogen and oxygen atoms in total. The number of morpholine rings is 1. The Morgan fingerprint density at radius 1 is 1.38 bits per heavy atom. The van der Waals surface area contributed by atoms with Crippen LogP contribution in [0.15, 0.2) is 24.3 Å². The number of ether oxygens (including phenoxy) is 1. The van der Waals surface area contributed by atoms with Gasteiger partial charge < -0.3 is 10.5 Å². The lowest BCUT2D eigenvalue weighted by Gasteiger charge is -2.31. The molecule has 1 fully saturated rings. The highest BCUT2D eigenvalue weighted by Gasteiger charge is 2.20. The molecule has 1 heterocycles. The Hall–Kier alpha value is -0.970. The molecule has 1 saturated heterocycles. The standard InChI is InChI=1S/C12H17FN2O/c13-11-3-1-10(2-4-11)8-15-5-6-16-12(7-14)9-15/h1-4,12H,5-9,14H2/p+1/t12-/m0/s1. The van der Waals surface area contributed by atoms with Crippen LogP contribution in [0.4, 0.5) is 4.39 Å². The van der Waals surface area contributed by atoms with Crippen molar-refractivity contribution in [2.75, 3.05) is 26.2 Å². The van der Waals surface area contributed by atoms with Crippen LogP contribution in [0.1, 0.15) is 5.56 Å². The molecule has 88 valence electrons. The number of hydrogen-bond donors (Lipinski definition) is 1. The summed E-state index contributed by atoms with van der Waals surface area (Å²) < 4.78 is 18.3. The molecule has 0 aromatic heterocycles. The van der Waals surface area contributed by atoms with Crippen LogP contribution in [0.5, 0.6) is 0 Å². The van der Waals surface area contributed by atoms with Crippen LogP contribution >= 0.6 is 0 Å². The quantitative estimate of drug-likeness (QED) is 0.802. The van der Waals surface area contributed by atoms with Crippen molar-refractivity contribution in [2.24, 2.45) is 0 Å². The van der Waals surface area contributed by atoms with Gasteiger partial charge in [0.15, 0.2) is 0 Å². The third-order valence-corrected chi connectivity index (χ3v) is 2.86. The van der Waals surface area contributed by atoms with Crippen molar-refractivity contribution in [2.45, 2.75) is 12.6 Å². The molecule has 1 aromatic rings. The summed E-state index contributed by atoms with van der Waals surface area (Å²) in [6, 6.07) is 6.69. The fraction of sp³-hybridized carbons (Fsp3) is 0.500. The summed E-state index contributed by atoms with van der Waals surface area (Å²) in [6.07, 6.45) is 0.245. The minimum absolute atomic E-state index is 0.179. The van der Waals surface area contributed by atoms with E-state index in [0.717, 1.165) is 38.3 Å². The largest absolute Gasteiger partial charge is 0.370 e. The van der Waals surface area contributed by atoms with Crippen molar-refractivity contribution in [3.8, 4) is 0 Å². The maximum atomic E-state index is 12.7. The van der Waals surface area contributed by atoms with Crippen molar-refractivity contribution < 1.29 is 14.9 Å². The Kier molecular flexibility index (Phi) is 3.88. The second-order valence-electron chi connectivity index (χ2n) is 4.14. The zero-order valence-corrected chi connectivity index (χ0v) is 9.36. The van der Waals surface area contributed by atoms with Gasteiger partial charge in [-0.15, -0.1) is 0 Å². The van der Waals surface area contributed by atoms with Gasteiger partial charge in [0.05, 0.1) is 6.61 Å². The Morgan fingerprint density at radius 3 is 2.81 bits per heavy atom. The summed E-state index contributed by atoms with van der Waals surface area (Å²) in [4.78, 5) is 2.33. The van der Waals surface area contributed by atoms with Gasteiger partial charge >= 0.3 is 0 Å². The second kappa shape index (κ2) is 5.39. The molecular weight excluding hydrogens is 207 g/mol. The van der Waals surface area contributed by atoms with Gasteiger partial charge in [0.25, 0.3) is 0 Å². The first kappa shape index (κ1) is 11.5. The van der Waals surface area contributed by atoms with Gasteiger partial charge in [0.1, 0.15) is 18.5 Å². The molecule has 1 aliphatic rings. The number of benzene rings is 1. The van der Waals surface area contributed by atoms with Gasteiger partial charge in [0.2, 0.25) is 0 Å². The number of nitrogens with zero attached hydrogens (tertiary/aromatic N) is 1. The molecule has 0 saturated carbocycles. The lowest BCUT2D eigenvalue weighted by atomic mass is 10.2. The number of quaternary nitrogens is 1. The van der Waals surface area contributed by atoms with E-state index in [2.05, 4.69) is 10.6 Å². The summed E-state index contributed by atoms with van der Waals surface area (Å²) in [7, 11) is 0. The molecule has 3 N–H and O–H groups in total. The number of rotatable bonds is 3. The fourth-order valence-electron chi connectivity index (χ4n) is 1.95. The van der Waals surface area contributed by atoms with Crippen LogP contribution in [-0.2, 0) is 11.3 Å². The molecule has 0 bridgehead atoms. The summed E-state index contributed by atoms with van der Waals surface area (Å²) in [5, 5.41) is 0. The van der Waals surface area contributed by atoms with Crippen LogP contribution in [0.25, 0.3) is 0 Å². The molecule has 4 heteroatoms. The Balaban J connectivity index is 1.91. The molecule has 0 aliphatic carbocycles. The number of hydrogen-bond acceptors (Lipinski definition) is 2. The van der Waals surface area contributed by atoms with E-state index in [1.165, 1.54) is 12.1 Å². The molecule has 2 rings (SSSR count). The molecule has 1 atom stereocenters. The Bertz CT molecular complexity index is 328. The maximum Gasteiger partial charge on any atom is 0.123 e. The van der Waals surface area contributed by atoms with E-state index < -0.39 is 0 Å². The van der Waals surface area contributed by atoms with Gasteiger partial charge in [-0.3, -0.25) is 4.90 Å². The molecule has 16 heavy (non-hydrogen) atoms. The van der Waals surface area contributed by atoms with E-state index in [-0.39, 0.29) is 11.9 Å². The normalized spacial score (nSPS) is 22.2. The zero-order chi connectivity index (χ0) is 11.4.